The van der Waals surface area contributed by atoms with E-state index in [2.05, 4.69) is 41.8 Å². The number of halogens is 2. The highest BCUT2D eigenvalue weighted by molar-refractivity contribution is 7.55. The fraction of sp³-hybridized carbons (Fsp3) is 0.417. The van der Waals surface area contributed by atoms with E-state index in [1.807, 2.05) is 12.1 Å². The molecule has 1 amide bonds. The second-order valence-corrected chi connectivity index (χ2v) is 17.9. The number of aliphatic hydroxyl groups excluding tert-OH is 1. The summed E-state index contributed by atoms with van der Waals surface area (Å²) < 4.78 is 100. The third-order valence-electron chi connectivity index (χ3n) is 9.80. The van der Waals surface area contributed by atoms with E-state index in [9.17, 15) is 34.3 Å². The second kappa shape index (κ2) is 19.2. The number of anilines is 1. The molecule has 4 aromatic heterocycles. The highest BCUT2D eigenvalue weighted by Gasteiger charge is 2.60. The van der Waals surface area contributed by atoms with Gasteiger partial charge in [-0.3, -0.25) is 27.9 Å². The fourth-order valence-corrected chi connectivity index (χ4v) is 11.4. The Morgan fingerprint density at radius 3 is 2.11 bits per heavy atom. The zero-order chi connectivity index (χ0) is 44.0. The van der Waals surface area contributed by atoms with Crippen LogP contribution in [0.4, 0.5) is 14.6 Å². The maximum Gasteiger partial charge on any atom is 0.339 e. The largest absolute Gasteiger partial charge is 0.394 e. The van der Waals surface area contributed by atoms with Gasteiger partial charge in [-0.15, -0.1) is 6.58 Å². The maximum atomic E-state index is 17.2. The standard InChI is InChI=1S/C36H37F2N11O11P2/c1-2-12-55-61(53,56-13-6-10-39)29-23(60-36(25(29)38)48-19-45-26-30(41-17-42-31(26)48)47-33(51)21-8-4-3-5-9-21)16-58-62(54,57-14-7-11-40)28-22(15-50)59-35(24(28)37)49-20-46-27-32(49)43-18-44-34(27)52/h2-5,8-9,17-20,22-25,28-29,35-36,50H,1,6-7,12-16H2,(H,43,44,52)(H,41,42,47,51)/t22?,23?,24-,25-,28-,29-,35?,36?,61?,62?/m1/s1. The third kappa shape index (κ3) is 8.70. The minimum absolute atomic E-state index is 0.0147. The number of H-pyrrole nitrogens is 1. The van der Waals surface area contributed by atoms with Gasteiger partial charge in [0.05, 0.1) is 77.0 Å². The molecule has 6 heterocycles. The Kier molecular flexibility index (Phi) is 13.7. The summed E-state index contributed by atoms with van der Waals surface area (Å²) in [6.45, 7) is 0.224. The molecular formula is C36H37F2N11O11P2. The summed E-state index contributed by atoms with van der Waals surface area (Å²) in [5, 5.41) is 31.5. The summed E-state index contributed by atoms with van der Waals surface area (Å²) in [6.07, 6.45) is -6.42. The zero-order valence-corrected chi connectivity index (χ0v) is 34.0. The van der Waals surface area contributed by atoms with Gasteiger partial charge < -0.3 is 43.0 Å². The van der Waals surface area contributed by atoms with Gasteiger partial charge in [-0.2, -0.15) is 10.5 Å². The van der Waals surface area contributed by atoms with E-state index in [-0.39, 0.29) is 41.0 Å². The molecule has 7 rings (SSSR count). The summed E-state index contributed by atoms with van der Waals surface area (Å²) in [7, 11) is -9.65. The Bertz CT molecular complexity index is 2660. The van der Waals surface area contributed by atoms with Gasteiger partial charge in [0, 0.05) is 5.56 Å². The predicted octanol–water partition coefficient (Wildman–Crippen LogP) is 3.88. The number of imidazole rings is 2. The number of nitriles is 2. The first kappa shape index (κ1) is 44.4. The van der Waals surface area contributed by atoms with Crippen LogP contribution in [-0.2, 0) is 36.7 Å². The number of hydrogen-bond donors (Lipinski definition) is 3. The van der Waals surface area contributed by atoms with E-state index in [4.69, 9.17) is 27.6 Å². The second-order valence-electron chi connectivity index (χ2n) is 13.5. The van der Waals surface area contributed by atoms with Gasteiger partial charge in [-0.1, -0.05) is 24.3 Å². The van der Waals surface area contributed by atoms with Crippen LogP contribution in [0.15, 0.2) is 73.1 Å². The lowest BCUT2D eigenvalue weighted by atomic mass is 10.2. The molecule has 3 N–H and O–H groups in total. The van der Waals surface area contributed by atoms with E-state index in [0.29, 0.717) is 5.56 Å². The number of aliphatic hydroxyl groups is 1. The number of aromatic nitrogens is 8. The van der Waals surface area contributed by atoms with Crippen molar-refractivity contribution in [1.82, 2.24) is 39.0 Å². The first-order valence-corrected chi connectivity index (χ1v) is 22.0. The Morgan fingerprint density at radius 1 is 0.887 bits per heavy atom. The molecule has 5 aromatic rings. The Labute approximate surface area is 349 Å². The van der Waals surface area contributed by atoms with Crippen molar-refractivity contribution in [3.05, 3.63) is 84.2 Å². The molecule has 0 aliphatic carbocycles. The quantitative estimate of drug-likeness (QED) is 0.0602. The van der Waals surface area contributed by atoms with Gasteiger partial charge >= 0.3 is 15.2 Å². The van der Waals surface area contributed by atoms with Crippen LogP contribution in [0, 0.1) is 22.7 Å². The molecule has 62 heavy (non-hydrogen) atoms. The number of carbonyl (C=O) groups excluding carboxylic acids is 1. The van der Waals surface area contributed by atoms with Crippen LogP contribution < -0.4 is 10.9 Å². The van der Waals surface area contributed by atoms with Crippen molar-refractivity contribution in [2.45, 2.75) is 61.2 Å². The molecule has 2 fully saturated rings. The van der Waals surface area contributed by atoms with Gasteiger partial charge in [0.2, 0.25) is 0 Å². The highest BCUT2D eigenvalue weighted by atomic mass is 31.2. The van der Waals surface area contributed by atoms with Gasteiger partial charge in [-0.05, 0) is 12.1 Å². The van der Waals surface area contributed by atoms with Gasteiger partial charge in [-0.25, -0.2) is 33.7 Å². The highest BCUT2D eigenvalue weighted by Crippen LogP contribution is 2.64. The average molecular weight is 900 g/mol. The average Bonchev–Trinajstić information content (AvgIpc) is 4.06. The van der Waals surface area contributed by atoms with Crippen molar-refractivity contribution in [2.24, 2.45) is 0 Å². The molecule has 26 heteroatoms. The number of ether oxygens (including phenoxy) is 2. The number of carbonyl (C=O) groups is 1. The number of benzene rings is 1. The first-order valence-electron chi connectivity index (χ1n) is 18.7. The molecule has 6 unspecified atom stereocenters. The molecule has 2 aliphatic rings. The molecule has 10 atom stereocenters. The van der Waals surface area contributed by atoms with Crippen molar-refractivity contribution in [3.63, 3.8) is 0 Å². The number of hydrogen-bond acceptors (Lipinski definition) is 18. The number of nitrogens with zero attached hydrogens (tertiary/aromatic N) is 9. The minimum atomic E-state index is -4.94. The number of rotatable bonds is 19. The van der Waals surface area contributed by atoms with Crippen LogP contribution in [0.2, 0.25) is 0 Å². The SMILES string of the molecule is C=CCOP(=O)(OCCC#N)[C@@H]1C(COP(=O)(OCCC#N)[C@@H]2C(CO)OC(n3cnc4c(=O)[nH]cnc43)[C@@H]2F)OC(n2cnc3c(NC(=O)c4ccccc4)ncnc32)[C@@H]1F. The summed E-state index contributed by atoms with van der Waals surface area (Å²) >= 11 is 0. The van der Waals surface area contributed by atoms with Crippen molar-refractivity contribution >= 4 is 49.2 Å². The summed E-state index contributed by atoms with van der Waals surface area (Å²) in [5.74, 6) is -0.567. The molecule has 22 nitrogen and oxygen atoms in total. The zero-order valence-electron chi connectivity index (χ0n) is 32.3. The van der Waals surface area contributed by atoms with Gasteiger partial charge in [0.1, 0.15) is 29.9 Å². The monoisotopic (exact) mass is 899 g/mol. The molecular weight excluding hydrogens is 862 g/mol. The summed E-state index contributed by atoms with van der Waals surface area (Å²) in [5.41, 5.74) is -4.45. The molecule has 326 valence electrons. The van der Waals surface area contributed by atoms with E-state index >= 15 is 8.78 Å². The molecule has 0 saturated carbocycles. The number of nitrogens with one attached hydrogen (secondary N) is 2. The van der Waals surface area contributed by atoms with E-state index in [1.165, 1.54) is 6.08 Å². The molecule has 1 aromatic carbocycles. The predicted molar refractivity (Wildman–Crippen MR) is 210 cm³/mol. The van der Waals surface area contributed by atoms with Crippen LogP contribution >= 0.6 is 15.2 Å². The first-order chi connectivity index (χ1) is 30.0. The number of aromatic amines is 1. The van der Waals surface area contributed by atoms with Crippen molar-refractivity contribution in [3.8, 4) is 12.1 Å². The van der Waals surface area contributed by atoms with E-state index in [0.717, 1.165) is 34.4 Å². The van der Waals surface area contributed by atoms with Crippen LogP contribution in [0.5, 0.6) is 0 Å². The van der Waals surface area contributed by atoms with E-state index in [1.54, 1.807) is 30.3 Å². The van der Waals surface area contributed by atoms with Crippen molar-refractivity contribution < 1.29 is 55.4 Å². The van der Waals surface area contributed by atoms with Crippen LogP contribution in [0.3, 0.4) is 0 Å². The van der Waals surface area contributed by atoms with Crippen molar-refractivity contribution in [1.29, 1.82) is 10.5 Å². The number of amides is 1. The molecule has 0 radical (unpaired) electrons. The van der Waals surface area contributed by atoms with Gasteiger partial charge in [0.25, 0.3) is 11.5 Å². The van der Waals surface area contributed by atoms with Crippen LogP contribution in [-0.4, -0.2) is 119 Å². The normalized spacial score (nSPS) is 25.5. The lowest BCUT2D eigenvalue weighted by molar-refractivity contribution is -0.0377. The Hall–Kier alpha value is -5.65. The Morgan fingerprint density at radius 2 is 1.48 bits per heavy atom. The summed E-state index contributed by atoms with van der Waals surface area (Å²) in [4.78, 5) is 48.3. The number of alkyl halides is 2. The molecule has 0 bridgehead atoms. The van der Waals surface area contributed by atoms with Crippen LogP contribution in [0.1, 0.15) is 35.7 Å². The Balaban J connectivity index is 1.23. The van der Waals surface area contributed by atoms with E-state index < -0.39 is 108 Å². The third-order valence-corrected chi connectivity index (χ3v) is 14.6. The minimum Gasteiger partial charge on any atom is -0.394 e. The fourth-order valence-electron chi connectivity index (χ4n) is 7.04. The lowest BCUT2D eigenvalue weighted by Crippen LogP contribution is -2.36. The van der Waals surface area contributed by atoms with Crippen LogP contribution in [0.25, 0.3) is 22.3 Å². The molecule has 0 spiro atoms. The smallest absolute Gasteiger partial charge is 0.339 e. The molecule has 2 aliphatic heterocycles. The maximum absolute atomic E-state index is 17.2. The van der Waals surface area contributed by atoms with Gasteiger partial charge in [0.15, 0.2) is 52.9 Å². The van der Waals surface area contributed by atoms with Crippen molar-refractivity contribution in [2.75, 3.05) is 38.4 Å². The topological polar surface area (TPSA) is 294 Å². The molecule has 2 saturated heterocycles. The lowest BCUT2D eigenvalue weighted by Gasteiger charge is -2.30. The summed E-state index contributed by atoms with van der Waals surface area (Å²) in [6, 6.07) is 11.8. The number of fused-ring (bicyclic) bond motifs is 2.